The smallest absolute Gasteiger partial charge is 0.268 e. The molecular formula is C27H25N3O2S. The Hall–Kier alpha value is -3.77. The molecule has 0 spiro atoms. The van der Waals surface area contributed by atoms with Crippen LogP contribution >= 0.6 is 11.3 Å². The summed E-state index contributed by atoms with van der Waals surface area (Å²) < 4.78 is 0. The number of carbonyl (C=O) groups is 2. The molecule has 0 radical (unpaired) electrons. The number of thiophene rings is 1. The first-order chi connectivity index (χ1) is 16.1. The zero-order valence-electron chi connectivity index (χ0n) is 18.4. The molecule has 2 heterocycles. The summed E-state index contributed by atoms with van der Waals surface area (Å²) in [5, 5.41) is 4.80. The van der Waals surface area contributed by atoms with E-state index < -0.39 is 0 Å². The number of carbonyl (C=O) groups excluding carboxylic acids is 2. The highest BCUT2D eigenvalue weighted by Gasteiger charge is 2.20. The lowest BCUT2D eigenvalue weighted by Crippen LogP contribution is -2.30. The summed E-state index contributed by atoms with van der Waals surface area (Å²) in [6.07, 6.45) is 1.98. The van der Waals surface area contributed by atoms with Gasteiger partial charge in [0.05, 0.1) is 30.1 Å². The molecule has 6 heteroatoms. The minimum absolute atomic E-state index is 0.0332. The molecule has 0 atom stereocenters. The number of benzene rings is 2. The summed E-state index contributed by atoms with van der Waals surface area (Å²) in [7, 11) is 0. The largest absolute Gasteiger partial charge is 0.350 e. The van der Waals surface area contributed by atoms with Gasteiger partial charge in [0, 0.05) is 11.9 Å². The molecule has 1 N–H and O–H groups in total. The number of anilines is 1. The Labute approximate surface area is 197 Å². The zero-order chi connectivity index (χ0) is 23.0. The average molecular weight is 456 g/mol. The lowest BCUT2D eigenvalue weighted by Gasteiger charge is -2.23. The average Bonchev–Trinajstić information content (AvgIpc) is 3.38. The molecule has 33 heavy (non-hydrogen) atoms. The van der Waals surface area contributed by atoms with Crippen molar-refractivity contribution in [1.82, 2.24) is 10.3 Å². The Morgan fingerprint density at radius 1 is 0.939 bits per heavy atom. The summed E-state index contributed by atoms with van der Waals surface area (Å²) in [4.78, 5) is 32.3. The Kier molecular flexibility index (Phi) is 7.27. The van der Waals surface area contributed by atoms with Crippen LogP contribution in [0.3, 0.4) is 0 Å². The van der Waals surface area contributed by atoms with Gasteiger partial charge in [0.25, 0.3) is 5.91 Å². The maximum absolute atomic E-state index is 13.3. The molecule has 0 bridgehead atoms. The number of hydrogen-bond acceptors (Lipinski definition) is 4. The maximum atomic E-state index is 13.3. The minimum Gasteiger partial charge on any atom is -0.350 e. The second-order valence-electron chi connectivity index (χ2n) is 7.74. The fraction of sp³-hybridized carbons (Fsp3) is 0.148. The van der Waals surface area contributed by atoms with E-state index in [9.17, 15) is 9.59 Å². The summed E-state index contributed by atoms with van der Waals surface area (Å²) in [6.45, 7) is 2.93. The van der Waals surface area contributed by atoms with Crippen molar-refractivity contribution in [2.75, 3.05) is 4.90 Å². The Bertz CT molecular complexity index is 1210. The lowest BCUT2D eigenvalue weighted by molar-refractivity contribution is -0.120. The van der Waals surface area contributed by atoms with Gasteiger partial charge >= 0.3 is 0 Å². The van der Waals surface area contributed by atoms with Crippen LogP contribution in [0.25, 0.3) is 0 Å². The van der Waals surface area contributed by atoms with E-state index in [2.05, 4.69) is 23.3 Å². The molecule has 4 rings (SSSR count). The summed E-state index contributed by atoms with van der Waals surface area (Å²) in [5.41, 5.74) is 4.74. The Balaban J connectivity index is 1.47. The number of pyridine rings is 1. The van der Waals surface area contributed by atoms with Crippen molar-refractivity contribution in [3.63, 3.8) is 0 Å². The van der Waals surface area contributed by atoms with Crippen molar-refractivity contribution in [2.24, 2.45) is 0 Å². The lowest BCUT2D eigenvalue weighted by atomic mass is 10.1. The fourth-order valence-electron chi connectivity index (χ4n) is 3.50. The van der Waals surface area contributed by atoms with Gasteiger partial charge in [-0.3, -0.25) is 14.6 Å². The molecule has 2 amide bonds. The number of aryl methyl sites for hydroxylation is 1. The van der Waals surface area contributed by atoms with Crippen LogP contribution < -0.4 is 10.2 Å². The molecule has 2 aromatic carbocycles. The quantitative estimate of drug-likeness (QED) is 0.399. The number of rotatable bonds is 8. The second kappa shape index (κ2) is 10.7. The maximum Gasteiger partial charge on any atom is 0.268 e. The van der Waals surface area contributed by atoms with E-state index in [0.29, 0.717) is 18.0 Å². The van der Waals surface area contributed by atoms with Gasteiger partial charge in [0.2, 0.25) is 5.91 Å². The number of nitrogens with zero attached hydrogens (tertiary/aromatic N) is 2. The van der Waals surface area contributed by atoms with Gasteiger partial charge in [-0.2, -0.15) is 0 Å². The first-order valence-electron chi connectivity index (χ1n) is 10.8. The van der Waals surface area contributed by atoms with Crippen LogP contribution in [0.2, 0.25) is 0 Å². The molecule has 4 aromatic rings. The SMILES string of the molecule is Cc1ccccc1CN(C(=O)c1cccs1)c1ccc(CC(=O)NCc2ccccn2)cc1. The van der Waals surface area contributed by atoms with Crippen LogP contribution in [0.4, 0.5) is 5.69 Å². The topological polar surface area (TPSA) is 62.3 Å². The van der Waals surface area contributed by atoms with Gasteiger partial charge in [-0.15, -0.1) is 11.3 Å². The number of amides is 2. The first kappa shape index (κ1) is 22.4. The standard InChI is InChI=1S/C27H25N3O2S/c1-20-7-2-3-8-22(20)19-30(27(32)25-10-6-16-33-25)24-13-11-21(12-14-24)17-26(31)29-18-23-9-4-5-15-28-23/h2-16H,17-19H2,1H3,(H,29,31). The number of hydrogen-bond donors (Lipinski definition) is 1. The molecule has 0 unspecified atom stereocenters. The highest BCUT2D eigenvalue weighted by molar-refractivity contribution is 7.12. The van der Waals surface area contributed by atoms with E-state index in [1.807, 2.05) is 78.2 Å². The van der Waals surface area contributed by atoms with Crippen LogP contribution in [0.15, 0.2) is 90.4 Å². The van der Waals surface area contributed by atoms with E-state index in [1.165, 1.54) is 11.3 Å². The van der Waals surface area contributed by atoms with Gasteiger partial charge in [0.1, 0.15) is 0 Å². The molecule has 0 aliphatic carbocycles. The van der Waals surface area contributed by atoms with Gasteiger partial charge in [-0.05, 0) is 59.3 Å². The van der Waals surface area contributed by atoms with E-state index in [1.54, 1.807) is 11.1 Å². The van der Waals surface area contributed by atoms with Crippen LogP contribution in [-0.2, 0) is 24.3 Å². The van der Waals surface area contributed by atoms with Gasteiger partial charge in [0.15, 0.2) is 0 Å². The van der Waals surface area contributed by atoms with Crippen LogP contribution in [0, 0.1) is 6.92 Å². The molecule has 0 aliphatic heterocycles. The zero-order valence-corrected chi connectivity index (χ0v) is 19.2. The Morgan fingerprint density at radius 3 is 2.42 bits per heavy atom. The third-order valence-corrected chi connectivity index (χ3v) is 6.23. The predicted molar refractivity (Wildman–Crippen MR) is 132 cm³/mol. The molecule has 2 aromatic heterocycles. The first-order valence-corrected chi connectivity index (χ1v) is 11.6. The van der Waals surface area contributed by atoms with Gasteiger partial charge < -0.3 is 10.2 Å². The normalized spacial score (nSPS) is 10.6. The van der Waals surface area contributed by atoms with Crippen molar-refractivity contribution in [3.05, 3.63) is 118 Å². The van der Waals surface area contributed by atoms with E-state index in [-0.39, 0.29) is 18.2 Å². The highest BCUT2D eigenvalue weighted by Crippen LogP contribution is 2.24. The molecule has 5 nitrogen and oxygen atoms in total. The van der Waals surface area contributed by atoms with E-state index in [0.717, 1.165) is 28.1 Å². The summed E-state index contributed by atoms with van der Waals surface area (Å²) in [5.74, 6) is -0.103. The van der Waals surface area contributed by atoms with Crippen LogP contribution in [-0.4, -0.2) is 16.8 Å². The molecular weight excluding hydrogens is 430 g/mol. The third-order valence-electron chi connectivity index (χ3n) is 5.37. The minimum atomic E-state index is -0.0696. The predicted octanol–water partition coefficient (Wildman–Crippen LogP) is 5.16. The Morgan fingerprint density at radius 2 is 1.73 bits per heavy atom. The van der Waals surface area contributed by atoms with Gasteiger partial charge in [-0.1, -0.05) is 48.5 Å². The number of aromatic nitrogens is 1. The fourth-order valence-corrected chi connectivity index (χ4v) is 4.18. The number of nitrogens with one attached hydrogen (secondary N) is 1. The van der Waals surface area contributed by atoms with Crippen molar-refractivity contribution in [2.45, 2.75) is 26.4 Å². The molecule has 0 fully saturated rings. The summed E-state index contributed by atoms with van der Waals surface area (Å²) in [6, 6.07) is 25.1. The second-order valence-corrected chi connectivity index (χ2v) is 8.68. The molecule has 0 aliphatic rings. The summed E-state index contributed by atoms with van der Waals surface area (Å²) >= 11 is 1.43. The molecule has 0 saturated heterocycles. The van der Waals surface area contributed by atoms with Gasteiger partial charge in [-0.25, -0.2) is 0 Å². The van der Waals surface area contributed by atoms with Crippen molar-refractivity contribution >= 4 is 28.8 Å². The third kappa shape index (κ3) is 5.93. The molecule has 166 valence electrons. The van der Waals surface area contributed by atoms with Crippen molar-refractivity contribution in [3.8, 4) is 0 Å². The van der Waals surface area contributed by atoms with Crippen LogP contribution in [0.5, 0.6) is 0 Å². The monoisotopic (exact) mass is 455 g/mol. The van der Waals surface area contributed by atoms with Crippen molar-refractivity contribution < 1.29 is 9.59 Å². The highest BCUT2D eigenvalue weighted by atomic mass is 32.1. The van der Waals surface area contributed by atoms with E-state index in [4.69, 9.17) is 0 Å². The molecule has 0 saturated carbocycles. The van der Waals surface area contributed by atoms with Crippen LogP contribution in [0.1, 0.15) is 32.1 Å². The van der Waals surface area contributed by atoms with Crippen molar-refractivity contribution in [1.29, 1.82) is 0 Å². The van der Waals surface area contributed by atoms with E-state index >= 15 is 0 Å².